The molecule has 4 heteroatoms. The van der Waals surface area contributed by atoms with E-state index in [0.717, 1.165) is 32.1 Å². The summed E-state index contributed by atoms with van der Waals surface area (Å²) in [6, 6.07) is 0. The van der Waals surface area contributed by atoms with Crippen LogP contribution in [0.4, 0.5) is 0 Å². The lowest BCUT2D eigenvalue weighted by atomic mass is 10.1. The van der Waals surface area contributed by atoms with E-state index < -0.39 is 0 Å². The van der Waals surface area contributed by atoms with Gasteiger partial charge in [0.2, 0.25) is 0 Å². The third kappa shape index (κ3) is 2.28. The Hall–Kier alpha value is -0.870. The van der Waals surface area contributed by atoms with E-state index in [4.69, 9.17) is 0 Å². The summed E-state index contributed by atoms with van der Waals surface area (Å²) in [5.41, 5.74) is 2.82. The molecule has 0 amide bonds. The lowest BCUT2D eigenvalue weighted by molar-refractivity contribution is 0.283. The van der Waals surface area contributed by atoms with E-state index >= 15 is 0 Å². The Morgan fingerprint density at radius 1 is 1.31 bits per heavy atom. The summed E-state index contributed by atoms with van der Waals surface area (Å²) >= 11 is 0. The quantitative estimate of drug-likeness (QED) is 0.801. The molecule has 88 valence electrons. The highest BCUT2D eigenvalue weighted by atomic mass is 15.2. The lowest BCUT2D eigenvalue weighted by Crippen LogP contribution is -2.27. The zero-order chi connectivity index (χ0) is 10.8. The highest BCUT2D eigenvalue weighted by Gasteiger charge is 2.28. The van der Waals surface area contributed by atoms with E-state index in [0.29, 0.717) is 0 Å². The van der Waals surface area contributed by atoms with Crippen molar-refractivity contribution in [1.29, 1.82) is 0 Å². The molecule has 0 spiro atoms. The Morgan fingerprint density at radius 3 is 3.12 bits per heavy atom. The summed E-state index contributed by atoms with van der Waals surface area (Å²) in [5, 5.41) is 10.8. The first-order valence-electron chi connectivity index (χ1n) is 6.38. The second-order valence-electron chi connectivity index (χ2n) is 4.96. The Kier molecular flexibility index (Phi) is 2.93. The standard InChI is InChI=1S/C12H20N4/c1-4-13-5-7-16(6-1)9-11-8-14-15-12(11)10-2-3-10/h8,10,13H,1-7,9H2,(H,14,15). The predicted octanol–water partition coefficient (Wildman–Crippen LogP) is 1.08. The van der Waals surface area contributed by atoms with Crippen molar-refractivity contribution in [2.45, 2.75) is 31.7 Å². The molecule has 1 aromatic heterocycles. The van der Waals surface area contributed by atoms with Gasteiger partial charge in [-0.25, -0.2) is 0 Å². The van der Waals surface area contributed by atoms with Gasteiger partial charge >= 0.3 is 0 Å². The summed E-state index contributed by atoms with van der Waals surface area (Å²) in [6.07, 6.45) is 5.97. The average Bonchev–Trinajstić information content (AvgIpc) is 3.07. The minimum Gasteiger partial charge on any atom is -0.315 e. The molecule has 3 rings (SSSR count). The Bertz CT molecular complexity index is 335. The van der Waals surface area contributed by atoms with Gasteiger partial charge in [0.05, 0.1) is 6.20 Å². The molecule has 1 aromatic rings. The van der Waals surface area contributed by atoms with Gasteiger partial charge in [0.15, 0.2) is 0 Å². The van der Waals surface area contributed by atoms with Crippen molar-refractivity contribution < 1.29 is 0 Å². The van der Waals surface area contributed by atoms with Crippen molar-refractivity contribution in [3.63, 3.8) is 0 Å². The molecule has 1 saturated heterocycles. The normalized spacial score (nSPS) is 23.2. The molecule has 2 fully saturated rings. The first kappa shape index (κ1) is 10.3. The summed E-state index contributed by atoms with van der Waals surface area (Å²) in [6.45, 7) is 5.73. The fourth-order valence-corrected chi connectivity index (χ4v) is 2.47. The number of nitrogens with zero attached hydrogens (tertiary/aromatic N) is 2. The molecule has 4 nitrogen and oxygen atoms in total. The van der Waals surface area contributed by atoms with Crippen LogP contribution in [0.25, 0.3) is 0 Å². The third-order valence-corrected chi connectivity index (χ3v) is 3.56. The number of aromatic amines is 1. The topological polar surface area (TPSA) is 44.0 Å². The molecule has 2 N–H and O–H groups in total. The van der Waals surface area contributed by atoms with E-state index in [-0.39, 0.29) is 0 Å². The van der Waals surface area contributed by atoms with E-state index in [1.165, 1.54) is 37.1 Å². The van der Waals surface area contributed by atoms with Gasteiger partial charge in [-0.15, -0.1) is 0 Å². The number of rotatable bonds is 3. The number of nitrogens with one attached hydrogen (secondary N) is 2. The molecule has 1 aliphatic heterocycles. The monoisotopic (exact) mass is 220 g/mol. The van der Waals surface area contributed by atoms with Gasteiger partial charge in [-0.1, -0.05) is 0 Å². The van der Waals surface area contributed by atoms with Crippen LogP contribution in [0.1, 0.15) is 36.4 Å². The van der Waals surface area contributed by atoms with Crippen molar-refractivity contribution >= 4 is 0 Å². The van der Waals surface area contributed by atoms with Crippen LogP contribution in [0.3, 0.4) is 0 Å². The van der Waals surface area contributed by atoms with E-state index in [1.54, 1.807) is 0 Å². The van der Waals surface area contributed by atoms with Crippen LogP contribution in [-0.2, 0) is 6.54 Å². The van der Waals surface area contributed by atoms with E-state index in [9.17, 15) is 0 Å². The maximum atomic E-state index is 4.21. The minimum atomic E-state index is 0.780. The maximum absolute atomic E-state index is 4.21. The molecule has 0 aromatic carbocycles. The molecular weight excluding hydrogens is 200 g/mol. The largest absolute Gasteiger partial charge is 0.315 e. The molecule has 0 radical (unpaired) electrons. The molecule has 0 atom stereocenters. The number of hydrogen-bond donors (Lipinski definition) is 2. The minimum absolute atomic E-state index is 0.780. The van der Waals surface area contributed by atoms with Gasteiger partial charge in [0.1, 0.15) is 0 Å². The van der Waals surface area contributed by atoms with Crippen LogP contribution in [0.2, 0.25) is 0 Å². The fraction of sp³-hybridized carbons (Fsp3) is 0.750. The maximum Gasteiger partial charge on any atom is 0.0535 e. The van der Waals surface area contributed by atoms with Crippen LogP contribution in [0.5, 0.6) is 0 Å². The molecule has 1 saturated carbocycles. The first-order chi connectivity index (χ1) is 7.93. The van der Waals surface area contributed by atoms with Gasteiger partial charge in [-0.05, 0) is 32.4 Å². The predicted molar refractivity (Wildman–Crippen MR) is 63.3 cm³/mol. The fourth-order valence-electron chi connectivity index (χ4n) is 2.47. The number of aromatic nitrogens is 2. The Balaban J connectivity index is 1.65. The number of hydrogen-bond acceptors (Lipinski definition) is 3. The van der Waals surface area contributed by atoms with Crippen molar-refractivity contribution in [2.24, 2.45) is 0 Å². The summed E-state index contributed by atoms with van der Waals surface area (Å²) in [4.78, 5) is 2.54. The van der Waals surface area contributed by atoms with Crippen molar-refractivity contribution in [3.05, 3.63) is 17.5 Å². The summed E-state index contributed by atoms with van der Waals surface area (Å²) < 4.78 is 0. The second-order valence-corrected chi connectivity index (χ2v) is 4.96. The first-order valence-corrected chi connectivity index (χ1v) is 6.38. The van der Waals surface area contributed by atoms with E-state index in [1.807, 2.05) is 6.20 Å². The highest BCUT2D eigenvalue weighted by Crippen LogP contribution is 2.40. The van der Waals surface area contributed by atoms with Crippen molar-refractivity contribution in [1.82, 2.24) is 20.4 Å². The van der Waals surface area contributed by atoms with Crippen LogP contribution < -0.4 is 5.32 Å². The van der Waals surface area contributed by atoms with Gasteiger partial charge in [0, 0.05) is 36.8 Å². The van der Waals surface area contributed by atoms with Gasteiger partial charge in [-0.2, -0.15) is 5.10 Å². The summed E-state index contributed by atoms with van der Waals surface area (Å²) in [5.74, 6) is 0.780. The molecule has 16 heavy (non-hydrogen) atoms. The molecule has 1 aliphatic carbocycles. The summed E-state index contributed by atoms with van der Waals surface area (Å²) in [7, 11) is 0. The average molecular weight is 220 g/mol. The molecule has 2 heterocycles. The van der Waals surface area contributed by atoms with Crippen LogP contribution in [-0.4, -0.2) is 41.3 Å². The zero-order valence-electron chi connectivity index (χ0n) is 9.71. The van der Waals surface area contributed by atoms with Crippen molar-refractivity contribution in [2.75, 3.05) is 26.2 Å². The van der Waals surface area contributed by atoms with Crippen molar-refractivity contribution in [3.8, 4) is 0 Å². The highest BCUT2D eigenvalue weighted by molar-refractivity contribution is 5.24. The van der Waals surface area contributed by atoms with Gasteiger partial charge in [-0.3, -0.25) is 10.00 Å². The molecule has 0 bridgehead atoms. The Labute approximate surface area is 96.4 Å². The third-order valence-electron chi connectivity index (χ3n) is 3.56. The smallest absolute Gasteiger partial charge is 0.0535 e. The van der Waals surface area contributed by atoms with Gasteiger partial charge < -0.3 is 5.32 Å². The van der Waals surface area contributed by atoms with Crippen LogP contribution in [0, 0.1) is 0 Å². The van der Waals surface area contributed by atoms with E-state index in [2.05, 4.69) is 20.4 Å². The van der Waals surface area contributed by atoms with Crippen LogP contribution >= 0.6 is 0 Å². The molecule has 0 unspecified atom stereocenters. The van der Waals surface area contributed by atoms with Gasteiger partial charge in [0.25, 0.3) is 0 Å². The zero-order valence-corrected chi connectivity index (χ0v) is 9.71. The number of H-pyrrole nitrogens is 1. The molecular formula is C12H20N4. The molecule has 2 aliphatic rings. The SMILES string of the molecule is c1n[nH]c(C2CC2)c1CN1CCCNCC1. The Morgan fingerprint density at radius 2 is 2.25 bits per heavy atom. The van der Waals surface area contributed by atoms with Crippen LogP contribution in [0.15, 0.2) is 6.20 Å². The lowest BCUT2D eigenvalue weighted by Gasteiger charge is -2.19. The second kappa shape index (κ2) is 4.55.